The highest BCUT2D eigenvalue weighted by atomic mass is 19.1. The van der Waals surface area contributed by atoms with Gasteiger partial charge >= 0.3 is 0 Å². The van der Waals surface area contributed by atoms with E-state index < -0.39 is 5.82 Å². The molecule has 0 heterocycles. The van der Waals surface area contributed by atoms with Gasteiger partial charge in [-0.1, -0.05) is 12.1 Å². The Morgan fingerprint density at radius 3 is 2.57 bits per heavy atom. The molecule has 0 aliphatic carbocycles. The first-order valence-corrected chi connectivity index (χ1v) is 6.88. The molecule has 0 spiro atoms. The topological polar surface area (TPSA) is 82.0 Å². The Hall–Kier alpha value is -3.20. The van der Waals surface area contributed by atoms with Crippen LogP contribution >= 0.6 is 0 Å². The first kappa shape index (κ1) is 16.2. The molecule has 5 nitrogen and oxygen atoms in total. The van der Waals surface area contributed by atoms with Crippen LogP contribution in [0.25, 0.3) is 0 Å². The molecule has 0 unspecified atom stereocenters. The van der Waals surface area contributed by atoms with E-state index in [-0.39, 0.29) is 24.8 Å². The molecule has 0 fully saturated rings. The molecule has 0 bridgehead atoms. The van der Waals surface area contributed by atoms with Gasteiger partial charge in [0.15, 0.2) is 0 Å². The molecule has 2 rings (SSSR count). The molecule has 0 saturated heterocycles. The number of nitrogens with one attached hydrogen (secondary N) is 2. The molecule has 0 aliphatic rings. The lowest BCUT2D eigenvalue weighted by Gasteiger charge is -2.08. The minimum atomic E-state index is -0.406. The maximum atomic E-state index is 12.8. The van der Waals surface area contributed by atoms with Crippen molar-refractivity contribution in [3.8, 4) is 6.07 Å². The highest BCUT2D eigenvalue weighted by molar-refractivity contribution is 6.04. The number of anilines is 1. The number of carbonyl (C=O) groups excluding carboxylic acids is 2. The average Bonchev–Trinajstić information content (AvgIpc) is 2.54. The lowest BCUT2D eigenvalue weighted by molar-refractivity contribution is -0.120. The SMILES string of the molecule is N#CCC(=O)NCc1cccc(NC(=O)c2ccc(F)cc2)c1. The second-order valence-corrected chi connectivity index (χ2v) is 4.77. The highest BCUT2D eigenvalue weighted by Gasteiger charge is 2.07. The van der Waals surface area contributed by atoms with E-state index in [0.717, 1.165) is 5.56 Å². The van der Waals surface area contributed by atoms with Crippen LogP contribution in [0.15, 0.2) is 48.5 Å². The van der Waals surface area contributed by atoms with Crippen molar-refractivity contribution >= 4 is 17.5 Å². The van der Waals surface area contributed by atoms with E-state index >= 15 is 0 Å². The number of hydrogen-bond donors (Lipinski definition) is 2. The van der Waals surface area contributed by atoms with Crippen molar-refractivity contribution in [2.75, 3.05) is 5.32 Å². The van der Waals surface area contributed by atoms with Crippen LogP contribution < -0.4 is 10.6 Å². The van der Waals surface area contributed by atoms with Crippen LogP contribution in [0.3, 0.4) is 0 Å². The molecule has 0 radical (unpaired) electrons. The Bertz CT molecular complexity index is 751. The fourth-order valence-electron chi connectivity index (χ4n) is 1.90. The Morgan fingerprint density at radius 2 is 1.87 bits per heavy atom. The van der Waals surface area contributed by atoms with E-state index in [0.29, 0.717) is 11.3 Å². The first-order valence-electron chi connectivity index (χ1n) is 6.88. The summed E-state index contributed by atoms with van der Waals surface area (Å²) in [6.07, 6.45) is -0.193. The molecular weight excluding hydrogens is 297 g/mol. The van der Waals surface area contributed by atoms with Crippen molar-refractivity contribution < 1.29 is 14.0 Å². The zero-order chi connectivity index (χ0) is 16.7. The normalized spacial score (nSPS) is 9.74. The smallest absolute Gasteiger partial charge is 0.255 e. The quantitative estimate of drug-likeness (QED) is 0.890. The third kappa shape index (κ3) is 4.93. The number of amides is 2. The van der Waals surface area contributed by atoms with Crippen molar-refractivity contribution in [1.82, 2.24) is 5.32 Å². The van der Waals surface area contributed by atoms with E-state index in [2.05, 4.69) is 10.6 Å². The van der Waals surface area contributed by atoms with Crippen LogP contribution in [0.1, 0.15) is 22.3 Å². The van der Waals surface area contributed by atoms with Crippen LogP contribution in [-0.2, 0) is 11.3 Å². The first-order chi connectivity index (χ1) is 11.1. The minimum Gasteiger partial charge on any atom is -0.351 e. The predicted octanol–water partition coefficient (Wildman–Crippen LogP) is 2.61. The van der Waals surface area contributed by atoms with E-state index in [1.54, 1.807) is 30.3 Å². The van der Waals surface area contributed by atoms with E-state index in [9.17, 15) is 14.0 Å². The molecule has 2 N–H and O–H groups in total. The lowest BCUT2D eigenvalue weighted by atomic mass is 10.1. The molecule has 2 amide bonds. The van der Waals surface area contributed by atoms with Gasteiger partial charge in [-0.05, 0) is 42.0 Å². The number of nitrogens with zero attached hydrogens (tertiary/aromatic N) is 1. The van der Waals surface area contributed by atoms with Gasteiger partial charge in [0.05, 0.1) is 6.07 Å². The molecular formula is C17H14FN3O2. The summed E-state index contributed by atoms with van der Waals surface area (Å²) in [4.78, 5) is 23.3. The van der Waals surface area contributed by atoms with Crippen molar-refractivity contribution in [1.29, 1.82) is 5.26 Å². The predicted molar refractivity (Wildman–Crippen MR) is 82.9 cm³/mol. The van der Waals surface area contributed by atoms with Crippen molar-refractivity contribution in [3.63, 3.8) is 0 Å². The summed E-state index contributed by atoms with van der Waals surface area (Å²) in [5.74, 6) is -1.11. The summed E-state index contributed by atoms with van der Waals surface area (Å²) < 4.78 is 12.8. The Labute approximate surface area is 132 Å². The van der Waals surface area contributed by atoms with Crippen molar-refractivity contribution in [2.24, 2.45) is 0 Å². The number of hydrogen-bond acceptors (Lipinski definition) is 3. The van der Waals surface area contributed by atoms with Crippen LogP contribution in [-0.4, -0.2) is 11.8 Å². The summed E-state index contributed by atoms with van der Waals surface area (Å²) in [6.45, 7) is 0.265. The Kier molecular flexibility index (Phi) is 5.42. The van der Waals surface area contributed by atoms with Crippen LogP contribution in [0, 0.1) is 17.1 Å². The number of halogens is 1. The summed E-state index contributed by atoms with van der Waals surface area (Å²) in [6, 6.07) is 14.0. The standard InChI is InChI=1S/C17H14FN3O2/c18-14-6-4-13(5-7-14)17(23)21-15-3-1-2-12(10-15)11-20-16(22)8-9-19/h1-7,10H,8,11H2,(H,20,22)(H,21,23). The summed E-state index contributed by atoms with van der Waals surface area (Å²) in [5, 5.41) is 13.7. The number of carbonyl (C=O) groups is 2. The summed E-state index contributed by atoms with van der Waals surface area (Å²) >= 11 is 0. The third-order valence-corrected chi connectivity index (χ3v) is 3.02. The van der Waals surface area contributed by atoms with Crippen LogP contribution in [0.4, 0.5) is 10.1 Å². The van der Waals surface area contributed by atoms with Gasteiger partial charge in [0.1, 0.15) is 12.2 Å². The van der Waals surface area contributed by atoms with Gasteiger partial charge in [-0.3, -0.25) is 9.59 Å². The largest absolute Gasteiger partial charge is 0.351 e. The Balaban J connectivity index is 1.99. The monoisotopic (exact) mass is 311 g/mol. The van der Waals surface area contributed by atoms with Gasteiger partial charge in [-0.15, -0.1) is 0 Å². The fraction of sp³-hybridized carbons (Fsp3) is 0.118. The van der Waals surface area contributed by atoms with E-state index in [1.165, 1.54) is 24.3 Å². The zero-order valence-electron chi connectivity index (χ0n) is 12.2. The highest BCUT2D eigenvalue weighted by Crippen LogP contribution is 2.13. The molecule has 2 aromatic rings. The zero-order valence-corrected chi connectivity index (χ0v) is 12.2. The molecule has 0 aliphatic heterocycles. The second-order valence-electron chi connectivity index (χ2n) is 4.77. The van der Waals surface area contributed by atoms with Crippen LogP contribution in [0.5, 0.6) is 0 Å². The van der Waals surface area contributed by atoms with Gasteiger partial charge in [-0.25, -0.2) is 4.39 Å². The maximum absolute atomic E-state index is 12.8. The molecule has 6 heteroatoms. The van der Waals surface area contributed by atoms with E-state index in [4.69, 9.17) is 5.26 Å². The van der Waals surface area contributed by atoms with Gasteiger partial charge in [0, 0.05) is 17.8 Å². The average molecular weight is 311 g/mol. The van der Waals surface area contributed by atoms with Gasteiger partial charge in [-0.2, -0.15) is 5.26 Å². The number of rotatable bonds is 5. The molecule has 23 heavy (non-hydrogen) atoms. The number of nitriles is 1. The summed E-state index contributed by atoms with van der Waals surface area (Å²) in [5.41, 5.74) is 1.69. The third-order valence-electron chi connectivity index (χ3n) is 3.02. The molecule has 0 saturated carbocycles. The Morgan fingerprint density at radius 1 is 1.13 bits per heavy atom. The lowest BCUT2D eigenvalue weighted by Crippen LogP contribution is -2.21. The molecule has 116 valence electrons. The van der Waals surface area contributed by atoms with Crippen molar-refractivity contribution in [2.45, 2.75) is 13.0 Å². The molecule has 0 aromatic heterocycles. The fourth-order valence-corrected chi connectivity index (χ4v) is 1.90. The number of benzene rings is 2. The van der Waals surface area contributed by atoms with Crippen LogP contribution in [0.2, 0.25) is 0 Å². The van der Waals surface area contributed by atoms with E-state index in [1.807, 2.05) is 0 Å². The maximum Gasteiger partial charge on any atom is 0.255 e. The second kappa shape index (κ2) is 7.71. The van der Waals surface area contributed by atoms with Crippen molar-refractivity contribution in [3.05, 3.63) is 65.5 Å². The molecule has 0 atom stereocenters. The van der Waals surface area contributed by atoms with Gasteiger partial charge in [0.2, 0.25) is 5.91 Å². The summed E-state index contributed by atoms with van der Waals surface area (Å²) in [7, 11) is 0. The van der Waals surface area contributed by atoms with Gasteiger partial charge < -0.3 is 10.6 Å². The molecule has 2 aromatic carbocycles. The van der Waals surface area contributed by atoms with Gasteiger partial charge in [0.25, 0.3) is 5.91 Å². The minimum absolute atomic E-state index is 0.193.